The first-order chi connectivity index (χ1) is 7.61. The number of thioether (sulfide) groups is 1. The summed E-state index contributed by atoms with van der Waals surface area (Å²) in [5, 5.41) is 11.4. The summed E-state index contributed by atoms with van der Waals surface area (Å²) in [5.41, 5.74) is 0. The quantitative estimate of drug-likeness (QED) is 0.589. The van der Waals surface area contributed by atoms with Gasteiger partial charge < -0.3 is 15.2 Å². The van der Waals surface area contributed by atoms with Gasteiger partial charge in [0.2, 0.25) is 5.91 Å². The lowest BCUT2D eigenvalue weighted by Crippen LogP contribution is -2.41. The van der Waals surface area contributed by atoms with Crippen LogP contribution in [-0.2, 0) is 14.3 Å². The zero-order chi connectivity index (χ0) is 12.4. The molecule has 6 heteroatoms. The van der Waals surface area contributed by atoms with Crippen molar-refractivity contribution in [2.75, 3.05) is 25.7 Å². The highest BCUT2D eigenvalue weighted by Crippen LogP contribution is 2.02. The number of carbonyl (C=O) groups excluding carboxylic acids is 1. The minimum absolute atomic E-state index is 0.231. The molecule has 0 aromatic rings. The van der Waals surface area contributed by atoms with Gasteiger partial charge in [0.1, 0.15) is 6.04 Å². The standard InChI is InChI=1S/C10H19NO4S/c1-15-6-3-4-9(12)11-8(10(13)14)5-7-16-2/h8H,3-7H2,1-2H3,(H,11,12)(H,13,14)/t8-/m0/s1. The predicted molar refractivity (Wildman–Crippen MR) is 63.7 cm³/mol. The lowest BCUT2D eigenvalue weighted by atomic mass is 10.2. The molecule has 0 aromatic heterocycles. The Morgan fingerprint density at radius 3 is 2.69 bits per heavy atom. The second-order valence-electron chi connectivity index (χ2n) is 3.34. The van der Waals surface area contributed by atoms with Gasteiger partial charge in [0, 0.05) is 20.1 Å². The molecular formula is C10H19NO4S. The van der Waals surface area contributed by atoms with Gasteiger partial charge >= 0.3 is 5.97 Å². The third-order valence-corrected chi connectivity index (χ3v) is 2.64. The summed E-state index contributed by atoms with van der Waals surface area (Å²) in [6.45, 7) is 0.510. The van der Waals surface area contributed by atoms with Crippen molar-refractivity contribution in [1.29, 1.82) is 0 Å². The van der Waals surface area contributed by atoms with E-state index in [1.807, 2.05) is 6.26 Å². The zero-order valence-corrected chi connectivity index (χ0v) is 10.5. The van der Waals surface area contributed by atoms with Crippen LogP contribution in [0.3, 0.4) is 0 Å². The normalized spacial score (nSPS) is 12.1. The van der Waals surface area contributed by atoms with E-state index in [0.717, 1.165) is 5.75 Å². The van der Waals surface area contributed by atoms with Gasteiger partial charge in [0.25, 0.3) is 0 Å². The van der Waals surface area contributed by atoms with Crippen molar-refractivity contribution in [2.45, 2.75) is 25.3 Å². The molecule has 1 amide bonds. The first-order valence-corrected chi connectivity index (χ1v) is 6.51. The van der Waals surface area contributed by atoms with Crippen molar-refractivity contribution < 1.29 is 19.4 Å². The number of ether oxygens (including phenoxy) is 1. The van der Waals surface area contributed by atoms with E-state index in [1.165, 1.54) is 0 Å². The molecule has 0 bridgehead atoms. The number of nitrogens with one attached hydrogen (secondary N) is 1. The average molecular weight is 249 g/mol. The Bertz CT molecular complexity index is 223. The van der Waals surface area contributed by atoms with Crippen molar-refractivity contribution in [2.24, 2.45) is 0 Å². The highest BCUT2D eigenvalue weighted by Gasteiger charge is 2.18. The van der Waals surface area contributed by atoms with Crippen molar-refractivity contribution in [3.8, 4) is 0 Å². The summed E-state index contributed by atoms with van der Waals surface area (Å²) in [6.07, 6.45) is 3.26. The van der Waals surface area contributed by atoms with E-state index in [4.69, 9.17) is 9.84 Å². The van der Waals surface area contributed by atoms with E-state index in [2.05, 4.69) is 5.32 Å². The Labute approximate surface area is 99.9 Å². The zero-order valence-electron chi connectivity index (χ0n) is 9.69. The van der Waals surface area contributed by atoms with Gasteiger partial charge in [0.15, 0.2) is 0 Å². The maximum atomic E-state index is 11.4. The second-order valence-corrected chi connectivity index (χ2v) is 4.32. The Morgan fingerprint density at radius 1 is 1.50 bits per heavy atom. The molecule has 16 heavy (non-hydrogen) atoms. The van der Waals surface area contributed by atoms with Crippen LogP contribution in [0.1, 0.15) is 19.3 Å². The molecule has 94 valence electrons. The SMILES string of the molecule is COCCCC(=O)N[C@@H](CCSC)C(=O)O. The summed E-state index contributed by atoms with van der Waals surface area (Å²) in [4.78, 5) is 22.2. The number of carboxylic acids is 1. The Balaban J connectivity index is 3.88. The smallest absolute Gasteiger partial charge is 0.326 e. The fraction of sp³-hybridized carbons (Fsp3) is 0.800. The number of carbonyl (C=O) groups is 2. The number of rotatable bonds is 9. The van der Waals surface area contributed by atoms with Gasteiger partial charge in [-0.15, -0.1) is 0 Å². The molecule has 5 nitrogen and oxygen atoms in total. The molecule has 0 heterocycles. The number of carboxylic acid groups (broad SMARTS) is 1. The van der Waals surface area contributed by atoms with Crippen LogP contribution in [0.4, 0.5) is 0 Å². The van der Waals surface area contributed by atoms with Gasteiger partial charge in [-0.05, 0) is 24.9 Å². The number of aliphatic carboxylic acids is 1. The Hall–Kier alpha value is -0.750. The Kier molecular flexibility index (Phi) is 9.03. The van der Waals surface area contributed by atoms with Gasteiger partial charge in [0.05, 0.1) is 0 Å². The molecule has 0 unspecified atom stereocenters. The molecule has 0 aliphatic carbocycles. The molecule has 0 rings (SSSR count). The van der Waals surface area contributed by atoms with Crippen LogP contribution in [0, 0.1) is 0 Å². The molecule has 1 atom stereocenters. The summed E-state index contributed by atoms with van der Waals surface area (Å²) in [7, 11) is 1.57. The lowest BCUT2D eigenvalue weighted by molar-refractivity contribution is -0.141. The van der Waals surface area contributed by atoms with Crippen LogP contribution < -0.4 is 5.32 Å². The van der Waals surface area contributed by atoms with E-state index >= 15 is 0 Å². The summed E-state index contributed by atoms with van der Waals surface area (Å²) in [5.74, 6) is -0.491. The molecule has 2 N–H and O–H groups in total. The predicted octanol–water partition coefficient (Wildman–Crippen LogP) is 0.735. The van der Waals surface area contributed by atoms with Gasteiger partial charge in [-0.1, -0.05) is 0 Å². The molecule has 0 aromatic carbocycles. The van der Waals surface area contributed by atoms with E-state index in [0.29, 0.717) is 25.9 Å². The van der Waals surface area contributed by atoms with Crippen molar-refractivity contribution in [1.82, 2.24) is 5.32 Å². The third-order valence-electron chi connectivity index (χ3n) is 2.00. The van der Waals surface area contributed by atoms with E-state index < -0.39 is 12.0 Å². The second kappa shape index (κ2) is 9.47. The largest absolute Gasteiger partial charge is 0.480 e. The number of hydrogen-bond donors (Lipinski definition) is 2. The summed E-state index contributed by atoms with van der Waals surface area (Å²) < 4.78 is 4.81. The fourth-order valence-corrected chi connectivity index (χ4v) is 1.61. The van der Waals surface area contributed by atoms with Crippen molar-refractivity contribution in [3.05, 3.63) is 0 Å². The monoisotopic (exact) mass is 249 g/mol. The van der Waals surface area contributed by atoms with Crippen molar-refractivity contribution >= 4 is 23.6 Å². The maximum Gasteiger partial charge on any atom is 0.326 e. The minimum atomic E-state index is -0.978. The van der Waals surface area contributed by atoms with Gasteiger partial charge in [-0.3, -0.25) is 4.79 Å². The molecule has 0 saturated carbocycles. The minimum Gasteiger partial charge on any atom is -0.480 e. The van der Waals surface area contributed by atoms with Crippen LogP contribution in [-0.4, -0.2) is 48.8 Å². The summed E-state index contributed by atoms with van der Waals surface area (Å²) >= 11 is 1.56. The number of amides is 1. The van der Waals surface area contributed by atoms with Gasteiger partial charge in [-0.2, -0.15) is 11.8 Å². The van der Waals surface area contributed by atoms with Crippen molar-refractivity contribution in [3.63, 3.8) is 0 Å². The molecule has 0 aliphatic rings. The molecule has 0 fully saturated rings. The maximum absolute atomic E-state index is 11.4. The van der Waals surface area contributed by atoms with Crippen LogP contribution in [0.5, 0.6) is 0 Å². The average Bonchev–Trinajstić information content (AvgIpc) is 2.24. The first-order valence-electron chi connectivity index (χ1n) is 5.11. The Morgan fingerprint density at radius 2 is 2.19 bits per heavy atom. The van der Waals surface area contributed by atoms with Gasteiger partial charge in [-0.25, -0.2) is 4.79 Å². The van der Waals surface area contributed by atoms with Crippen LogP contribution in [0.25, 0.3) is 0 Å². The van der Waals surface area contributed by atoms with E-state index in [-0.39, 0.29) is 5.91 Å². The topological polar surface area (TPSA) is 75.6 Å². The highest BCUT2D eigenvalue weighted by atomic mass is 32.2. The van der Waals surface area contributed by atoms with Crippen LogP contribution >= 0.6 is 11.8 Å². The molecule has 0 spiro atoms. The first kappa shape index (κ1) is 15.2. The van der Waals surface area contributed by atoms with Crippen LogP contribution in [0.2, 0.25) is 0 Å². The van der Waals surface area contributed by atoms with E-state index in [9.17, 15) is 9.59 Å². The molecule has 0 aliphatic heterocycles. The fourth-order valence-electron chi connectivity index (χ4n) is 1.14. The third kappa shape index (κ3) is 7.53. The van der Waals surface area contributed by atoms with E-state index in [1.54, 1.807) is 18.9 Å². The van der Waals surface area contributed by atoms with Crippen LogP contribution in [0.15, 0.2) is 0 Å². The molecular weight excluding hydrogens is 230 g/mol. The molecule has 0 radical (unpaired) electrons. The summed E-state index contributed by atoms with van der Waals surface area (Å²) in [6, 6.07) is -0.775. The lowest BCUT2D eigenvalue weighted by Gasteiger charge is -2.13. The highest BCUT2D eigenvalue weighted by molar-refractivity contribution is 7.98. The number of methoxy groups -OCH3 is 1. The molecule has 0 saturated heterocycles. The number of hydrogen-bond acceptors (Lipinski definition) is 4.